The summed E-state index contributed by atoms with van der Waals surface area (Å²) < 4.78 is 1.22. The fourth-order valence-electron chi connectivity index (χ4n) is 2.92. The molecule has 0 saturated heterocycles. The van der Waals surface area contributed by atoms with Gasteiger partial charge in [-0.05, 0) is 19.3 Å². The molecule has 0 aromatic heterocycles. The van der Waals surface area contributed by atoms with Gasteiger partial charge in [0.15, 0.2) is 0 Å². The van der Waals surface area contributed by atoms with Gasteiger partial charge in [-0.15, -0.1) is 0 Å². The fourth-order valence-corrected chi connectivity index (χ4v) is 2.92. The van der Waals surface area contributed by atoms with E-state index in [1.807, 2.05) is 0 Å². The van der Waals surface area contributed by atoms with Crippen molar-refractivity contribution in [3.63, 3.8) is 0 Å². The van der Waals surface area contributed by atoms with Crippen molar-refractivity contribution in [3.8, 4) is 0 Å². The summed E-state index contributed by atoms with van der Waals surface area (Å²) in [6, 6.07) is 0. The van der Waals surface area contributed by atoms with Crippen molar-refractivity contribution >= 4 is 0 Å². The molecule has 124 valence electrons. The van der Waals surface area contributed by atoms with Crippen LogP contribution in [-0.4, -0.2) is 31.7 Å². The van der Waals surface area contributed by atoms with Gasteiger partial charge in [-0.25, -0.2) is 0 Å². The second-order valence-corrected chi connectivity index (χ2v) is 6.92. The average Bonchev–Trinajstić information content (AvgIpc) is 2.36. The van der Waals surface area contributed by atoms with Gasteiger partial charge in [0.1, 0.15) is 0 Å². The van der Waals surface area contributed by atoms with Crippen LogP contribution < -0.4 is 12.4 Å². The zero-order chi connectivity index (χ0) is 14.4. The molecule has 0 heterocycles. The Morgan fingerprint density at radius 2 is 0.900 bits per heavy atom. The highest BCUT2D eigenvalue weighted by Gasteiger charge is 2.11. The summed E-state index contributed by atoms with van der Waals surface area (Å²) >= 11 is 0. The number of rotatable bonds is 14. The lowest BCUT2D eigenvalue weighted by atomic mass is 10.1. The van der Waals surface area contributed by atoms with Crippen molar-refractivity contribution in [2.75, 3.05) is 27.2 Å². The Labute approximate surface area is 135 Å². The lowest BCUT2D eigenvalue weighted by Crippen LogP contribution is -3.00. The van der Waals surface area contributed by atoms with Crippen LogP contribution >= 0.6 is 0 Å². The van der Waals surface area contributed by atoms with Crippen LogP contribution in [0.1, 0.15) is 90.9 Å². The third-order valence-corrected chi connectivity index (χ3v) is 4.20. The van der Waals surface area contributed by atoms with Crippen LogP contribution in [0, 0.1) is 0 Å². The van der Waals surface area contributed by atoms with Crippen LogP contribution in [0.5, 0.6) is 0 Å². The summed E-state index contributed by atoms with van der Waals surface area (Å²) in [5.41, 5.74) is 0. The van der Waals surface area contributed by atoms with Gasteiger partial charge in [0.25, 0.3) is 0 Å². The highest BCUT2D eigenvalue weighted by atomic mass is 35.5. The first-order chi connectivity index (χ1) is 9.12. The van der Waals surface area contributed by atoms with Gasteiger partial charge < -0.3 is 16.9 Å². The topological polar surface area (TPSA) is 0 Å². The van der Waals surface area contributed by atoms with Gasteiger partial charge in [0.2, 0.25) is 0 Å². The van der Waals surface area contributed by atoms with Crippen molar-refractivity contribution in [3.05, 3.63) is 0 Å². The monoisotopic (exact) mass is 305 g/mol. The molecule has 0 unspecified atom stereocenters. The van der Waals surface area contributed by atoms with E-state index in [1.165, 1.54) is 94.6 Å². The van der Waals surface area contributed by atoms with Gasteiger partial charge in [-0.2, -0.15) is 0 Å². The molecular weight excluding hydrogens is 266 g/mol. The Morgan fingerprint density at radius 3 is 1.30 bits per heavy atom. The maximum absolute atomic E-state index is 2.37. The third kappa shape index (κ3) is 16.3. The molecule has 0 spiro atoms. The van der Waals surface area contributed by atoms with E-state index >= 15 is 0 Å². The zero-order valence-corrected chi connectivity index (χ0v) is 15.5. The quantitative estimate of drug-likeness (QED) is 0.342. The molecule has 20 heavy (non-hydrogen) atoms. The summed E-state index contributed by atoms with van der Waals surface area (Å²) in [5.74, 6) is 0. The highest BCUT2D eigenvalue weighted by molar-refractivity contribution is 4.48. The van der Waals surface area contributed by atoms with E-state index in [4.69, 9.17) is 0 Å². The van der Waals surface area contributed by atoms with Gasteiger partial charge in [0.05, 0.1) is 27.2 Å². The minimum absolute atomic E-state index is 0. The van der Waals surface area contributed by atoms with Crippen molar-refractivity contribution in [2.24, 2.45) is 0 Å². The van der Waals surface area contributed by atoms with Gasteiger partial charge in [-0.3, -0.25) is 0 Å². The Balaban J connectivity index is 0. The van der Waals surface area contributed by atoms with E-state index in [1.54, 1.807) is 0 Å². The Kier molecular flexibility index (Phi) is 17.6. The molecule has 0 aromatic rings. The molecule has 0 amide bonds. The molecule has 0 radical (unpaired) electrons. The van der Waals surface area contributed by atoms with E-state index < -0.39 is 0 Å². The first-order valence-electron chi connectivity index (χ1n) is 8.94. The molecule has 1 nitrogen and oxygen atoms in total. The molecule has 0 saturated carbocycles. The smallest absolute Gasteiger partial charge is 0.0782 e. The fraction of sp³-hybridized carbons (Fsp3) is 1.00. The number of hydrogen-bond donors (Lipinski definition) is 0. The van der Waals surface area contributed by atoms with E-state index in [0.717, 1.165) is 0 Å². The molecule has 0 aliphatic rings. The summed E-state index contributed by atoms with van der Waals surface area (Å²) in [6.07, 6.45) is 17.3. The van der Waals surface area contributed by atoms with Crippen LogP contribution in [0.25, 0.3) is 0 Å². The van der Waals surface area contributed by atoms with E-state index in [9.17, 15) is 0 Å². The molecule has 0 aliphatic heterocycles. The Bertz CT molecular complexity index is 180. The van der Waals surface area contributed by atoms with Crippen LogP contribution in [0.3, 0.4) is 0 Å². The van der Waals surface area contributed by atoms with Crippen LogP contribution in [0.2, 0.25) is 0 Å². The number of nitrogens with zero attached hydrogens (tertiary/aromatic N) is 1. The molecule has 0 atom stereocenters. The van der Waals surface area contributed by atoms with Crippen LogP contribution in [-0.2, 0) is 0 Å². The normalized spacial score (nSPS) is 11.4. The van der Waals surface area contributed by atoms with E-state index in [2.05, 4.69) is 27.9 Å². The SMILES string of the molecule is CCCCCCCCCCCCC[N+](C)(C)CCC.[Cl-]. The second kappa shape index (κ2) is 15.6. The van der Waals surface area contributed by atoms with Crippen LogP contribution in [0.4, 0.5) is 0 Å². The number of quaternary nitrogens is 1. The zero-order valence-electron chi connectivity index (χ0n) is 14.7. The Morgan fingerprint density at radius 1 is 0.500 bits per heavy atom. The molecular formula is C18H40ClN. The number of halogens is 1. The molecule has 0 aromatic carbocycles. The second-order valence-electron chi connectivity index (χ2n) is 6.92. The molecule has 0 fully saturated rings. The highest BCUT2D eigenvalue weighted by Crippen LogP contribution is 2.12. The predicted octanol–water partition coefficient (Wildman–Crippen LogP) is 2.79. The first kappa shape index (κ1) is 22.5. The third-order valence-electron chi connectivity index (χ3n) is 4.20. The van der Waals surface area contributed by atoms with Crippen molar-refractivity contribution in [2.45, 2.75) is 90.9 Å². The maximum atomic E-state index is 2.37. The predicted molar refractivity (Wildman–Crippen MR) is 88.6 cm³/mol. The molecule has 0 N–H and O–H groups in total. The minimum Gasteiger partial charge on any atom is -1.00 e. The molecule has 0 aliphatic carbocycles. The lowest BCUT2D eigenvalue weighted by Gasteiger charge is -2.29. The van der Waals surface area contributed by atoms with Gasteiger partial charge >= 0.3 is 0 Å². The molecule has 2 heteroatoms. The summed E-state index contributed by atoms with van der Waals surface area (Å²) in [7, 11) is 4.75. The van der Waals surface area contributed by atoms with Gasteiger partial charge in [-0.1, -0.05) is 71.6 Å². The maximum Gasteiger partial charge on any atom is 0.0782 e. The standard InChI is InChI=1S/C18H40N.ClH/c1-5-7-8-9-10-11-12-13-14-15-16-18-19(3,4)17-6-2;/h5-18H2,1-4H3;1H/q+1;/p-1. The number of hydrogen-bond acceptors (Lipinski definition) is 0. The number of unbranched alkanes of at least 4 members (excludes halogenated alkanes) is 10. The lowest BCUT2D eigenvalue weighted by molar-refractivity contribution is -0.890. The van der Waals surface area contributed by atoms with Gasteiger partial charge in [0, 0.05) is 0 Å². The summed E-state index contributed by atoms with van der Waals surface area (Å²) in [6.45, 7) is 7.28. The van der Waals surface area contributed by atoms with Crippen molar-refractivity contribution in [1.82, 2.24) is 0 Å². The van der Waals surface area contributed by atoms with E-state index in [0.29, 0.717) is 0 Å². The Hall–Kier alpha value is 0.250. The largest absolute Gasteiger partial charge is 1.00 e. The minimum atomic E-state index is 0. The van der Waals surface area contributed by atoms with Crippen molar-refractivity contribution < 1.29 is 16.9 Å². The summed E-state index contributed by atoms with van der Waals surface area (Å²) in [4.78, 5) is 0. The molecule has 0 rings (SSSR count). The van der Waals surface area contributed by atoms with Crippen molar-refractivity contribution in [1.29, 1.82) is 0 Å². The summed E-state index contributed by atoms with van der Waals surface area (Å²) in [5, 5.41) is 0. The average molecular weight is 306 g/mol. The van der Waals surface area contributed by atoms with Crippen LogP contribution in [0.15, 0.2) is 0 Å². The first-order valence-corrected chi connectivity index (χ1v) is 8.94. The molecule has 0 bridgehead atoms. The van der Waals surface area contributed by atoms with E-state index in [-0.39, 0.29) is 12.4 Å².